The summed E-state index contributed by atoms with van der Waals surface area (Å²) in [5.74, 6) is -7.71. The number of carbonyl (C=O) groups excluding carboxylic acids is 2. The number of halogens is 7. The number of nitrogens with two attached hydrogens (primary N) is 1. The molecule has 1 saturated heterocycles. The molecule has 0 aliphatic carbocycles. The maximum Gasteiger partial charge on any atom is 0.490 e. The summed E-state index contributed by atoms with van der Waals surface area (Å²) in [5.41, 5.74) is 5.51. The van der Waals surface area contributed by atoms with E-state index in [1.54, 1.807) is 12.1 Å². The lowest BCUT2D eigenvalue weighted by Gasteiger charge is -2.28. The van der Waals surface area contributed by atoms with E-state index >= 15 is 0 Å². The van der Waals surface area contributed by atoms with Gasteiger partial charge in [-0.3, -0.25) is 19.9 Å². The Morgan fingerprint density at radius 1 is 1.10 bits per heavy atom. The summed E-state index contributed by atoms with van der Waals surface area (Å²) in [4.78, 5) is 49.7. The largest absolute Gasteiger partial charge is 0.504 e. The number of rotatable bonds is 11. The second-order valence-corrected chi connectivity index (χ2v) is 11.2. The van der Waals surface area contributed by atoms with Crippen molar-refractivity contribution in [3.63, 3.8) is 0 Å². The van der Waals surface area contributed by atoms with E-state index in [0.717, 1.165) is 23.4 Å². The lowest BCUT2D eigenvalue weighted by atomic mass is 10.2. The van der Waals surface area contributed by atoms with Gasteiger partial charge in [-0.05, 0) is 62.2 Å². The van der Waals surface area contributed by atoms with Gasteiger partial charge < -0.3 is 30.7 Å². The van der Waals surface area contributed by atoms with E-state index in [1.165, 1.54) is 41.4 Å². The molecule has 6 N–H and O–H groups in total. The first-order valence-electron chi connectivity index (χ1n) is 14.2. The van der Waals surface area contributed by atoms with Crippen LogP contribution in [-0.2, 0) is 20.9 Å². The lowest BCUT2D eigenvalue weighted by Crippen LogP contribution is -2.47. The van der Waals surface area contributed by atoms with E-state index < -0.39 is 54.4 Å². The number of aliphatic hydroxyl groups is 1. The van der Waals surface area contributed by atoms with Crippen LogP contribution in [0.1, 0.15) is 46.3 Å². The van der Waals surface area contributed by atoms with Gasteiger partial charge in [-0.2, -0.15) is 26.3 Å². The Bertz CT molecular complexity index is 1560. The van der Waals surface area contributed by atoms with Crippen LogP contribution in [0.25, 0.3) is 0 Å². The van der Waals surface area contributed by atoms with Gasteiger partial charge in [0.1, 0.15) is 17.3 Å². The smallest absolute Gasteiger partial charge is 0.490 e. The highest BCUT2D eigenvalue weighted by Crippen LogP contribution is 2.27. The molecule has 20 heteroatoms. The number of carboxylic acid groups (broad SMARTS) is 2. The number of carbonyl (C=O) groups is 4. The molecule has 0 saturated carbocycles. The van der Waals surface area contributed by atoms with Crippen LogP contribution in [-0.4, -0.2) is 92.8 Å². The number of aliphatic carboxylic acids is 2. The topological polar surface area (TPSA) is 195 Å². The number of alkyl halides is 6. The van der Waals surface area contributed by atoms with Crippen LogP contribution < -0.4 is 10.5 Å². The molecule has 1 aliphatic rings. The predicted octanol–water partition coefficient (Wildman–Crippen LogP) is 5.49. The van der Waals surface area contributed by atoms with Gasteiger partial charge >= 0.3 is 30.3 Å². The fourth-order valence-electron chi connectivity index (χ4n) is 4.04. The fourth-order valence-corrected chi connectivity index (χ4v) is 4.95. The maximum absolute atomic E-state index is 14.2. The lowest BCUT2D eigenvalue weighted by molar-refractivity contribution is -0.192. The standard InChI is InChI=1S/C23H25FN4O5S.C5H7F3O.C2HF3O2/c1-2-9-28(13-20(29)30)22(31)17-4-3-10-27(17)12-15-6-8-19(34-15)23(32)33-18-7-5-14(21(25)26)11-16(18)24;1-2-3-4(9)5(6,7)8;3-2(4,5)1(6)7/h2,5-8,11,17H,1,3-4,9-10,12-13H2,(H3,25,26)(H,29,30);3,9H,2H2,1H3;(H,6,7)/b;4-3+;/t17-;;/m0../s1. The van der Waals surface area contributed by atoms with Crippen molar-refractivity contribution in [3.05, 3.63) is 76.0 Å². The molecule has 1 aliphatic heterocycles. The number of allylic oxidation sites excluding steroid dienone is 2. The Kier molecular flexibility index (Phi) is 16.6. The Morgan fingerprint density at radius 3 is 2.18 bits per heavy atom. The van der Waals surface area contributed by atoms with Crippen LogP contribution in [0.5, 0.6) is 5.75 Å². The van der Waals surface area contributed by atoms with Gasteiger partial charge in [-0.1, -0.05) is 13.0 Å². The number of ether oxygens (including phenoxy) is 1. The predicted molar refractivity (Wildman–Crippen MR) is 165 cm³/mol. The summed E-state index contributed by atoms with van der Waals surface area (Å²) in [6.07, 6.45) is -5.85. The molecule has 50 heavy (non-hydrogen) atoms. The third kappa shape index (κ3) is 14.2. The van der Waals surface area contributed by atoms with Crippen molar-refractivity contribution >= 4 is 41.0 Å². The third-order valence-corrected chi connectivity index (χ3v) is 7.28. The van der Waals surface area contributed by atoms with Crippen molar-refractivity contribution in [1.29, 1.82) is 5.41 Å². The number of esters is 1. The Labute approximate surface area is 284 Å². The first-order chi connectivity index (χ1) is 23.1. The Balaban J connectivity index is 0.000000646. The summed E-state index contributed by atoms with van der Waals surface area (Å²) in [7, 11) is 0. The van der Waals surface area contributed by atoms with Gasteiger partial charge in [-0.15, -0.1) is 17.9 Å². The molecule has 1 aromatic heterocycles. The van der Waals surface area contributed by atoms with E-state index in [2.05, 4.69) is 6.58 Å². The van der Waals surface area contributed by atoms with Gasteiger partial charge in [0, 0.05) is 23.5 Å². The number of nitrogens with one attached hydrogen (secondary N) is 1. The quantitative estimate of drug-likeness (QED) is 0.0374. The number of carboxylic acids is 2. The summed E-state index contributed by atoms with van der Waals surface area (Å²) < 4.78 is 85.0. The molecule has 0 unspecified atom stereocenters. The van der Waals surface area contributed by atoms with Crippen molar-refractivity contribution in [2.75, 3.05) is 19.6 Å². The third-order valence-electron chi connectivity index (χ3n) is 6.23. The highest BCUT2D eigenvalue weighted by Gasteiger charge is 2.38. The number of amides is 1. The molecule has 1 fully saturated rings. The van der Waals surface area contributed by atoms with Gasteiger partial charge in [0.05, 0.1) is 6.04 Å². The monoisotopic (exact) mass is 742 g/mol. The molecule has 1 amide bonds. The molecule has 3 rings (SSSR count). The number of nitrogen functional groups attached to an aromatic ring is 1. The molecule has 276 valence electrons. The molecule has 2 heterocycles. The molecule has 1 aromatic carbocycles. The van der Waals surface area contributed by atoms with Crippen LogP contribution in [0.3, 0.4) is 0 Å². The van der Waals surface area contributed by atoms with Crippen LogP contribution >= 0.6 is 11.3 Å². The summed E-state index contributed by atoms with van der Waals surface area (Å²) in [6.45, 7) is 5.93. The second-order valence-electron chi connectivity index (χ2n) is 10.0. The Morgan fingerprint density at radius 2 is 1.72 bits per heavy atom. The van der Waals surface area contributed by atoms with Crippen LogP contribution in [0.4, 0.5) is 30.7 Å². The Hall–Kier alpha value is -4.98. The van der Waals surface area contributed by atoms with Gasteiger partial charge in [0.2, 0.25) is 5.91 Å². The van der Waals surface area contributed by atoms with Crippen molar-refractivity contribution < 1.29 is 70.0 Å². The first-order valence-corrected chi connectivity index (χ1v) is 15.0. The molecule has 2 aromatic rings. The van der Waals surface area contributed by atoms with E-state index in [1.807, 2.05) is 4.90 Å². The number of hydrogen-bond donors (Lipinski definition) is 5. The van der Waals surface area contributed by atoms with E-state index in [4.69, 9.17) is 36.0 Å². The van der Waals surface area contributed by atoms with Gasteiger partial charge in [-0.25, -0.2) is 14.0 Å². The minimum atomic E-state index is -5.08. The number of thiophene rings is 1. The average Bonchev–Trinajstić information content (AvgIpc) is 3.67. The summed E-state index contributed by atoms with van der Waals surface area (Å²) in [5, 5.41) is 31.7. The number of aliphatic hydroxyl groups excluding tert-OH is 1. The minimum Gasteiger partial charge on any atom is -0.504 e. The highest BCUT2D eigenvalue weighted by molar-refractivity contribution is 7.13. The maximum atomic E-state index is 14.2. The molecule has 0 radical (unpaired) electrons. The highest BCUT2D eigenvalue weighted by atomic mass is 32.1. The van der Waals surface area contributed by atoms with Crippen LogP contribution in [0, 0.1) is 11.2 Å². The number of nitrogens with zero attached hydrogens (tertiary/aromatic N) is 2. The van der Waals surface area contributed by atoms with Crippen molar-refractivity contribution in [2.45, 2.75) is 51.1 Å². The molecular formula is C30H33F7N4O8S. The second kappa shape index (κ2) is 19.3. The normalized spacial score (nSPS) is 14.7. The molecule has 12 nitrogen and oxygen atoms in total. The van der Waals surface area contributed by atoms with Crippen molar-refractivity contribution in [3.8, 4) is 5.75 Å². The summed E-state index contributed by atoms with van der Waals surface area (Å²) in [6, 6.07) is 6.52. The minimum absolute atomic E-state index is 0.147. The molecule has 0 bridgehead atoms. The van der Waals surface area contributed by atoms with Gasteiger partial charge in [0.25, 0.3) is 0 Å². The first kappa shape index (κ1) is 43.0. The zero-order valence-electron chi connectivity index (χ0n) is 26.2. The molecule has 0 spiro atoms. The van der Waals surface area contributed by atoms with Gasteiger partial charge in [0.15, 0.2) is 17.3 Å². The molecular weight excluding hydrogens is 709 g/mol. The van der Waals surface area contributed by atoms with Crippen LogP contribution in [0.2, 0.25) is 0 Å². The SMILES string of the molecule is C=CCN(CC(=O)O)C(=O)[C@@H]1CCCN1Cc1ccc(C(=O)Oc2ccc(C(=N)N)cc2F)s1.CC/C=C(/O)C(F)(F)F.O=C(O)C(F)(F)F. The number of amidine groups is 1. The number of benzene rings is 1. The van der Waals surface area contributed by atoms with E-state index in [-0.39, 0.29) is 40.9 Å². The average molecular weight is 743 g/mol. The molecule has 1 atom stereocenters. The van der Waals surface area contributed by atoms with Crippen LogP contribution in [0.15, 0.2) is 54.8 Å². The van der Waals surface area contributed by atoms with E-state index in [0.29, 0.717) is 19.5 Å². The fraction of sp³-hybridized carbons (Fsp3) is 0.367. The number of hydrogen-bond acceptors (Lipinski definition) is 9. The van der Waals surface area contributed by atoms with Crippen molar-refractivity contribution in [1.82, 2.24) is 9.80 Å². The summed E-state index contributed by atoms with van der Waals surface area (Å²) >= 11 is 1.18. The zero-order valence-corrected chi connectivity index (χ0v) is 27.0. The van der Waals surface area contributed by atoms with Crippen molar-refractivity contribution in [2.24, 2.45) is 5.73 Å². The van der Waals surface area contributed by atoms with E-state index in [9.17, 15) is 45.1 Å². The zero-order chi connectivity index (χ0) is 38.4. The number of likely N-dealkylation sites (tertiary alicyclic amines) is 1.